The molecule has 0 amide bonds. The van der Waals surface area contributed by atoms with Crippen molar-refractivity contribution in [1.82, 2.24) is 0 Å². The fraction of sp³-hybridized carbons (Fsp3) is 0.625. The minimum Gasteiger partial charge on any atom is -0.382 e. The molecule has 21 heavy (non-hydrogen) atoms. The lowest BCUT2D eigenvalue weighted by molar-refractivity contribution is -0.137. The topological polar surface area (TPSA) is 12.0 Å². The van der Waals surface area contributed by atoms with Crippen molar-refractivity contribution in [2.75, 3.05) is 5.32 Å². The lowest BCUT2D eigenvalue weighted by atomic mass is 9.83. The molecule has 1 saturated carbocycles. The largest absolute Gasteiger partial charge is 0.416 e. The van der Waals surface area contributed by atoms with Gasteiger partial charge in [0.2, 0.25) is 0 Å². The second-order valence-electron chi connectivity index (χ2n) is 5.88. The summed E-state index contributed by atoms with van der Waals surface area (Å²) in [5.41, 5.74) is -0.231. The summed E-state index contributed by atoms with van der Waals surface area (Å²) in [7, 11) is 0. The number of benzene rings is 1. The highest BCUT2D eigenvalue weighted by molar-refractivity contribution is 6.30. The molecule has 0 bridgehead atoms. The van der Waals surface area contributed by atoms with Gasteiger partial charge >= 0.3 is 6.18 Å². The molecule has 1 nitrogen and oxygen atoms in total. The van der Waals surface area contributed by atoms with Crippen molar-refractivity contribution >= 4 is 17.3 Å². The second kappa shape index (κ2) is 6.91. The summed E-state index contributed by atoms with van der Waals surface area (Å²) in [5, 5.41) is 3.33. The zero-order valence-electron chi connectivity index (χ0n) is 12.1. The smallest absolute Gasteiger partial charge is 0.382 e. The van der Waals surface area contributed by atoms with Crippen LogP contribution < -0.4 is 5.32 Å². The van der Waals surface area contributed by atoms with Crippen molar-refractivity contribution in [2.45, 2.75) is 57.7 Å². The van der Waals surface area contributed by atoms with E-state index in [1.807, 2.05) is 0 Å². The third-order valence-corrected chi connectivity index (χ3v) is 4.36. The van der Waals surface area contributed by atoms with Crippen LogP contribution in [0.2, 0.25) is 5.02 Å². The Bertz CT molecular complexity index is 465. The van der Waals surface area contributed by atoms with E-state index < -0.39 is 11.7 Å². The van der Waals surface area contributed by atoms with Gasteiger partial charge in [-0.1, -0.05) is 31.4 Å². The van der Waals surface area contributed by atoms with Crippen molar-refractivity contribution in [1.29, 1.82) is 0 Å². The summed E-state index contributed by atoms with van der Waals surface area (Å²) in [6, 6.07) is 3.92. The van der Waals surface area contributed by atoms with Crippen LogP contribution >= 0.6 is 11.6 Å². The van der Waals surface area contributed by atoms with Gasteiger partial charge in [0.15, 0.2) is 0 Å². The maximum atomic E-state index is 12.8. The molecule has 0 atom stereocenters. The van der Waals surface area contributed by atoms with Gasteiger partial charge in [-0.3, -0.25) is 0 Å². The Morgan fingerprint density at radius 3 is 2.38 bits per heavy atom. The van der Waals surface area contributed by atoms with Gasteiger partial charge in [0.1, 0.15) is 0 Å². The number of alkyl halides is 3. The number of hydrogen-bond donors (Lipinski definition) is 1. The first-order chi connectivity index (χ1) is 9.88. The zero-order valence-corrected chi connectivity index (χ0v) is 12.9. The first kappa shape index (κ1) is 16.5. The summed E-state index contributed by atoms with van der Waals surface area (Å²) < 4.78 is 38.3. The van der Waals surface area contributed by atoms with Gasteiger partial charge in [-0.15, -0.1) is 0 Å². The van der Waals surface area contributed by atoms with Crippen LogP contribution in [0.5, 0.6) is 0 Å². The van der Waals surface area contributed by atoms with Crippen LogP contribution in [0.3, 0.4) is 0 Å². The molecular formula is C16H21ClF3N. The first-order valence-corrected chi connectivity index (χ1v) is 7.90. The monoisotopic (exact) mass is 319 g/mol. The van der Waals surface area contributed by atoms with E-state index in [4.69, 9.17) is 11.6 Å². The highest BCUT2D eigenvalue weighted by Crippen LogP contribution is 2.35. The van der Waals surface area contributed by atoms with Gasteiger partial charge in [0, 0.05) is 16.8 Å². The van der Waals surface area contributed by atoms with E-state index in [9.17, 15) is 13.2 Å². The normalized spacial score (nSPS) is 23.1. The van der Waals surface area contributed by atoms with E-state index in [-0.39, 0.29) is 11.1 Å². The number of nitrogens with one attached hydrogen (secondary N) is 1. The van der Waals surface area contributed by atoms with Crippen molar-refractivity contribution in [3.05, 3.63) is 28.8 Å². The van der Waals surface area contributed by atoms with Crippen LogP contribution in [0.1, 0.15) is 51.0 Å². The van der Waals surface area contributed by atoms with Crippen LogP contribution in [0.4, 0.5) is 18.9 Å². The average Bonchev–Trinajstić information content (AvgIpc) is 2.40. The summed E-state index contributed by atoms with van der Waals surface area (Å²) in [4.78, 5) is 0. The molecule has 118 valence electrons. The SMILES string of the molecule is CCCC1CCC(Nc2cc(Cl)cc(C(F)(F)F)c2)CC1. The van der Waals surface area contributed by atoms with Crippen molar-refractivity contribution < 1.29 is 13.2 Å². The molecule has 1 N–H and O–H groups in total. The molecular weight excluding hydrogens is 299 g/mol. The molecule has 1 aliphatic carbocycles. The van der Waals surface area contributed by atoms with E-state index in [0.29, 0.717) is 5.69 Å². The van der Waals surface area contributed by atoms with Gasteiger partial charge in [-0.05, 0) is 49.8 Å². The van der Waals surface area contributed by atoms with Crippen molar-refractivity contribution in [2.24, 2.45) is 5.92 Å². The quantitative estimate of drug-likeness (QED) is 0.704. The van der Waals surface area contributed by atoms with Crippen LogP contribution in [-0.2, 0) is 6.18 Å². The minimum atomic E-state index is -4.36. The average molecular weight is 320 g/mol. The molecule has 1 aromatic carbocycles. The lowest BCUT2D eigenvalue weighted by Gasteiger charge is -2.29. The van der Waals surface area contributed by atoms with Gasteiger partial charge < -0.3 is 5.32 Å². The highest BCUT2D eigenvalue weighted by Gasteiger charge is 2.31. The Morgan fingerprint density at radius 2 is 1.81 bits per heavy atom. The third-order valence-electron chi connectivity index (χ3n) is 4.14. The fourth-order valence-corrected chi connectivity index (χ4v) is 3.31. The predicted octanol–water partition coefficient (Wildman–Crippen LogP) is 6.13. The van der Waals surface area contributed by atoms with Crippen LogP contribution in [0.25, 0.3) is 0 Å². The molecule has 2 rings (SSSR count). The summed E-state index contributed by atoms with van der Waals surface area (Å²) in [6.45, 7) is 2.19. The van der Waals surface area contributed by atoms with Crippen LogP contribution in [0.15, 0.2) is 18.2 Å². The van der Waals surface area contributed by atoms with Gasteiger partial charge in [-0.25, -0.2) is 0 Å². The Balaban J connectivity index is 1.99. The van der Waals surface area contributed by atoms with Gasteiger partial charge in [0.05, 0.1) is 5.56 Å². The minimum absolute atomic E-state index is 0.118. The maximum absolute atomic E-state index is 12.8. The Labute approximate surface area is 128 Å². The molecule has 0 spiro atoms. The molecule has 0 unspecified atom stereocenters. The van der Waals surface area contributed by atoms with E-state index in [0.717, 1.165) is 43.7 Å². The summed E-state index contributed by atoms with van der Waals surface area (Å²) >= 11 is 5.80. The predicted molar refractivity (Wildman–Crippen MR) is 80.7 cm³/mol. The molecule has 1 fully saturated rings. The molecule has 1 aromatic rings. The van der Waals surface area contributed by atoms with E-state index >= 15 is 0 Å². The summed E-state index contributed by atoms with van der Waals surface area (Å²) in [6.07, 6.45) is 2.42. The van der Waals surface area contributed by atoms with Crippen molar-refractivity contribution in [3.8, 4) is 0 Å². The molecule has 0 heterocycles. The number of rotatable bonds is 4. The Hall–Kier alpha value is -0.900. The van der Waals surface area contributed by atoms with Crippen LogP contribution in [-0.4, -0.2) is 6.04 Å². The second-order valence-corrected chi connectivity index (χ2v) is 6.31. The molecule has 0 radical (unpaired) electrons. The number of hydrogen-bond acceptors (Lipinski definition) is 1. The number of halogens is 4. The lowest BCUT2D eigenvalue weighted by Crippen LogP contribution is -2.26. The standard InChI is InChI=1S/C16H21ClF3N/c1-2-3-11-4-6-14(7-5-11)21-15-9-12(16(18,19)20)8-13(17)10-15/h8-11,14,21H,2-7H2,1H3. The van der Waals surface area contributed by atoms with E-state index in [1.165, 1.54) is 12.8 Å². The zero-order chi connectivity index (χ0) is 15.5. The van der Waals surface area contributed by atoms with Crippen LogP contribution in [0, 0.1) is 5.92 Å². The molecule has 5 heteroatoms. The first-order valence-electron chi connectivity index (χ1n) is 7.53. The Morgan fingerprint density at radius 1 is 1.14 bits per heavy atom. The molecule has 0 saturated heterocycles. The number of anilines is 1. The molecule has 0 aliphatic heterocycles. The summed E-state index contributed by atoms with van der Waals surface area (Å²) in [5.74, 6) is 0.776. The maximum Gasteiger partial charge on any atom is 0.416 e. The van der Waals surface area contributed by atoms with E-state index in [1.54, 1.807) is 6.07 Å². The van der Waals surface area contributed by atoms with Gasteiger partial charge in [-0.2, -0.15) is 13.2 Å². The van der Waals surface area contributed by atoms with Gasteiger partial charge in [0.25, 0.3) is 0 Å². The Kier molecular flexibility index (Phi) is 5.42. The van der Waals surface area contributed by atoms with Crippen molar-refractivity contribution in [3.63, 3.8) is 0 Å². The van der Waals surface area contributed by atoms with E-state index in [2.05, 4.69) is 12.2 Å². The highest BCUT2D eigenvalue weighted by atomic mass is 35.5. The molecule has 1 aliphatic rings. The molecule has 0 aromatic heterocycles. The fourth-order valence-electron chi connectivity index (χ4n) is 3.08. The third kappa shape index (κ3) is 4.80.